The van der Waals surface area contributed by atoms with E-state index in [0.29, 0.717) is 21.9 Å². The molecule has 0 bridgehead atoms. The molecule has 1 aliphatic rings. The van der Waals surface area contributed by atoms with Gasteiger partial charge in [0.1, 0.15) is 18.1 Å². The molecule has 0 saturated carbocycles. The third-order valence-corrected chi connectivity index (χ3v) is 6.64. The molecule has 0 radical (unpaired) electrons. The molecule has 1 fully saturated rings. The highest BCUT2D eigenvalue weighted by molar-refractivity contribution is 9.10. The van der Waals surface area contributed by atoms with Crippen LogP contribution in [0.2, 0.25) is 5.02 Å². The monoisotopic (exact) mass is 571 g/mol. The summed E-state index contributed by atoms with van der Waals surface area (Å²) in [7, 11) is 0. The summed E-state index contributed by atoms with van der Waals surface area (Å²) < 4.78 is 11.9. The van der Waals surface area contributed by atoms with E-state index in [4.69, 9.17) is 21.1 Å². The van der Waals surface area contributed by atoms with Crippen molar-refractivity contribution in [3.8, 4) is 11.5 Å². The van der Waals surface area contributed by atoms with Crippen LogP contribution in [0.5, 0.6) is 11.5 Å². The summed E-state index contributed by atoms with van der Waals surface area (Å²) >= 11 is 10.2. The third-order valence-electron chi connectivity index (χ3n) is 5.00. The van der Waals surface area contributed by atoms with E-state index in [2.05, 4.69) is 15.9 Å². The number of esters is 1. The van der Waals surface area contributed by atoms with Gasteiger partial charge in [-0.1, -0.05) is 51.3 Å². The number of hydrogen-bond acceptors (Lipinski definition) is 6. The molecule has 0 unspecified atom stereocenters. The minimum absolute atomic E-state index is 0.116. The fourth-order valence-electron chi connectivity index (χ4n) is 3.22. The number of carbonyl (C=O) groups excluding carboxylic acids is 3. The van der Waals surface area contributed by atoms with Crippen LogP contribution in [-0.4, -0.2) is 35.2 Å². The van der Waals surface area contributed by atoms with Gasteiger partial charge in [-0.3, -0.25) is 14.5 Å². The number of hydrogen-bond donors (Lipinski definition) is 0. The first-order valence-electron chi connectivity index (χ1n) is 10.5. The lowest BCUT2D eigenvalue weighted by Gasteiger charge is -2.13. The number of aryl methyl sites for hydroxylation is 1. The highest BCUT2D eigenvalue weighted by atomic mass is 79.9. The van der Waals surface area contributed by atoms with Gasteiger partial charge in [0.25, 0.3) is 11.1 Å². The molecule has 4 rings (SSSR count). The molecule has 1 saturated heterocycles. The molecule has 2 amide bonds. The number of imide groups is 1. The first kappa shape index (κ1) is 25.0. The van der Waals surface area contributed by atoms with Crippen LogP contribution in [-0.2, 0) is 4.79 Å². The van der Waals surface area contributed by atoms with Crippen LogP contribution in [0.4, 0.5) is 4.79 Å². The molecule has 0 N–H and O–H groups in total. The highest BCUT2D eigenvalue weighted by Crippen LogP contribution is 2.35. The van der Waals surface area contributed by atoms with E-state index in [1.165, 1.54) is 12.1 Å². The van der Waals surface area contributed by atoms with E-state index < -0.39 is 11.9 Å². The molecule has 178 valence electrons. The maximum Gasteiger partial charge on any atom is 0.343 e. The number of halogens is 2. The van der Waals surface area contributed by atoms with Crippen LogP contribution in [0.3, 0.4) is 0 Å². The Labute approximate surface area is 220 Å². The van der Waals surface area contributed by atoms with Crippen molar-refractivity contribution in [2.45, 2.75) is 6.92 Å². The van der Waals surface area contributed by atoms with Gasteiger partial charge in [0.05, 0.1) is 17.0 Å². The molecular weight excluding hydrogens is 554 g/mol. The van der Waals surface area contributed by atoms with Crippen LogP contribution < -0.4 is 9.47 Å². The zero-order valence-electron chi connectivity index (χ0n) is 18.5. The second-order valence-electron chi connectivity index (χ2n) is 7.58. The summed E-state index contributed by atoms with van der Waals surface area (Å²) in [6.45, 7) is 2.27. The van der Waals surface area contributed by atoms with Crippen LogP contribution in [0, 0.1) is 6.92 Å². The number of thioether (sulfide) groups is 1. The summed E-state index contributed by atoms with van der Waals surface area (Å²) in [5.41, 5.74) is 1.87. The van der Waals surface area contributed by atoms with Crippen molar-refractivity contribution in [2.24, 2.45) is 0 Å². The van der Waals surface area contributed by atoms with Crippen molar-refractivity contribution in [3.63, 3.8) is 0 Å². The largest absolute Gasteiger partial charge is 0.492 e. The molecule has 1 aliphatic heterocycles. The zero-order valence-corrected chi connectivity index (χ0v) is 21.7. The quantitative estimate of drug-likeness (QED) is 0.177. The molecule has 1 heterocycles. The summed E-state index contributed by atoms with van der Waals surface area (Å²) in [5.74, 6) is -0.114. The average molecular weight is 573 g/mol. The lowest BCUT2D eigenvalue weighted by atomic mass is 10.1. The molecule has 9 heteroatoms. The molecule has 3 aromatic carbocycles. The zero-order chi connectivity index (χ0) is 24.9. The van der Waals surface area contributed by atoms with Gasteiger partial charge >= 0.3 is 5.97 Å². The van der Waals surface area contributed by atoms with Gasteiger partial charge in [-0.05, 0) is 73.3 Å². The first-order chi connectivity index (χ1) is 16.8. The standard InChI is InChI=1S/C26H19BrClNO5S/c1-16-5-8-21(9-6-16)33-12-11-29-24(30)23(35-26(29)32)15-18-13-19(27)7-10-22(18)34-25(31)17-3-2-4-20(28)14-17/h2-10,13-15H,11-12H2,1H3/b23-15-. The maximum absolute atomic E-state index is 12.9. The molecule has 0 atom stereocenters. The Balaban J connectivity index is 1.48. The van der Waals surface area contributed by atoms with E-state index >= 15 is 0 Å². The minimum Gasteiger partial charge on any atom is -0.492 e. The Bertz CT molecular complexity index is 1330. The van der Waals surface area contributed by atoms with Crippen LogP contribution in [0.25, 0.3) is 6.08 Å². The van der Waals surface area contributed by atoms with Gasteiger partial charge in [-0.15, -0.1) is 0 Å². The van der Waals surface area contributed by atoms with Crippen molar-refractivity contribution < 1.29 is 23.9 Å². The summed E-state index contributed by atoms with van der Waals surface area (Å²) in [6.07, 6.45) is 1.54. The SMILES string of the molecule is Cc1ccc(OCCN2C(=O)S/C(=C\c3cc(Br)ccc3OC(=O)c3cccc(Cl)c3)C2=O)cc1. The molecule has 0 spiro atoms. The molecule has 0 aliphatic carbocycles. The Morgan fingerprint density at radius 3 is 2.60 bits per heavy atom. The van der Waals surface area contributed by atoms with Crippen molar-refractivity contribution in [2.75, 3.05) is 13.2 Å². The number of ether oxygens (including phenoxy) is 2. The first-order valence-corrected chi connectivity index (χ1v) is 12.5. The van der Waals surface area contributed by atoms with Crippen LogP contribution in [0.1, 0.15) is 21.5 Å². The Morgan fingerprint density at radius 1 is 1.09 bits per heavy atom. The van der Waals surface area contributed by atoms with Crippen molar-refractivity contribution in [3.05, 3.63) is 97.8 Å². The predicted octanol–water partition coefficient (Wildman–Crippen LogP) is 6.75. The second kappa shape index (κ2) is 11.1. The number of carbonyl (C=O) groups is 3. The predicted molar refractivity (Wildman–Crippen MR) is 140 cm³/mol. The number of nitrogens with zero attached hydrogens (tertiary/aromatic N) is 1. The van der Waals surface area contributed by atoms with E-state index in [1.807, 2.05) is 31.2 Å². The lowest BCUT2D eigenvalue weighted by Crippen LogP contribution is -2.32. The van der Waals surface area contributed by atoms with Crippen molar-refractivity contribution in [1.82, 2.24) is 4.90 Å². The Kier molecular flexibility index (Phi) is 7.95. The average Bonchev–Trinajstić information content (AvgIpc) is 3.09. The Morgan fingerprint density at radius 2 is 1.86 bits per heavy atom. The van der Waals surface area contributed by atoms with Crippen LogP contribution >= 0.6 is 39.3 Å². The summed E-state index contributed by atoms with van der Waals surface area (Å²) in [6, 6.07) is 19.0. The molecule has 35 heavy (non-hydrogen) atoms. The smallest absolute Gasteiger partial charge is 0.343 e. The number of benzene rings is 3. The normalized spacial score (nSPS) is 14.5. The van der Waals surface area contributed by atoms with E-state index in [-0.39, 0.29) is 29.0 Å². The van der Waals surface area contributed by atoms with Gasteiger partial charge in [0.2, 0.25) is 0 Å². The second-order valence-corrected chi connectivity index (χ2v) is 9.92. The van der Waals surface area contributed by atoms with Crippen LogP contribution in [0.15, 0.2) is 76.1 Å². The highest BCUT2D eigenvalue weighted by Gasteiger charge is 2.35. The summed E-state index contributed by atoms with van der Waals surface area (Å²) in [5, 5.41) is 0.0248. The fourth-order valence-corrected chi connectivity index (χ4v) is 4.65. The number of amides is 2. The molecule has 6 nitrogen and oxygen atoms in total. The number of rotatable bonds is 7. The van der Waals surface area contributed by atoms with E-state index in [0.717, 1.165) is 26.7 Å². The van der Waals surface area contributed by atoms with Gasteiger partial charge in [-0.2, -0.15) is 0 Å². The van der Waals surface area contributed by atoms with Gasteiger partial charge in [0, 0.05) is 15.1 Å². The molecule has 0 aromatic heterocycles. The van der Waals surface area contributed by atoms with Crippen molar-refractivity contribution >= 4 is 62.5 Å². The van der Waals surface area contributed by atoms with Gasteiger partial charge in [0.15, 0.2) is 0 Å². The Hall–Kier alpha value is -3.07. The van der Waals surface area contributed by atoms with Crippen molar-refractivity contribution in [1.29, 1.82) is 0 Å². The fraction of sp³-hybridized carbons (Fsp3) is 0.115. The summed E-state index contributed by atoms with van der Waals surface area (Å²) in [4.78, 5) is 39.4. The van der Waals surface area contributed by atoms with Gasteiger partial charge < -0.3 is 9.47 Å². The minimum atomic E-state index is -0.592. The topological polar surface area (TPSA) is 72.9 Å². The molecular formula is C26H19BrClNO5S. The lowest BCUT2D eigenvalue weighted by molar-refractivity contribution is -0.123. The third kappa shape index (κ3) is 6.33. The molecule has 3 aromatic rings. The van der Waals surface area contributed by atoms with E-state index in [1.54, 1.807) is 36.4 Å². The van der Waals surface area contributed by atoms with E-state index in [9.17, 15) is 14.4 Å². The van der Waals surface area contributed by atoms with Gasteiger partial charge in [-0.25, -0.2) is 4.79 Å². The maximum atomic E-state index is 12.9.